The fourth-order valence-corrected chi connectivity index (χ4v) is 2.27. The number of para-hydroxylation sites is 1. The number of halogens is 1. The second-order valence-electron chi connectivity index (χ2n) is 5.56. The van der Waals surface area contributed by atoms with Gasteiger partial charge in [-0.3, -0.25) is 4.79 Å². The SMILES string of the molecule is CCC(N)Cc1ccc(OCC(=O)Nc2ccccc2)c(OC)c1.Cl. The third kappa shape index (κ3) is 6.64. The Kier molecular flexibility index (Phi) is 8.81. The van der Waals surface area contributed by atoms with Crippen LogP contribution in [0.25, 0.3) is 0 Å². The van der Waals surface area contributed by atoms with Crippen LogP contribution in [0.1, 0.15) is 18.9 Å². The van der Waals surface area contributed by atoms with Crippen LogP contribution in [0.15, 0.2) is 48.5 Å². The van der Waals surface area contributed by atoms with Gasteiger partial charge in [0.25, 0.3) is 5.91 Å². The molecule has 2 aromatic rings. The van der Waals surface area contributed by atoms with Gasteiger partial charge in [0.15, 0.2) is 18.1 Å². The van der Waals surface area contributed by atoms with Gasteiger partial charge in [0, 0.05) is 11.7 Å². The van der Waals surface area contributed by atoms with Crippen molar-refractivity contribution in [3.8, 4) is 11.5 Å². The summed E-state index contributed by atoms with van der Waals surface area (Å²) in [5, 5.41) is 2.77. The lowest BCUT2D eigenvalue weighted by Gasteiger charge is -2.14. The molecule has 0 aromatic heterocycles. The molecule has 3 N–H and O–H groups in total. The van der Waals surface area contributed by atoms with Gasteiger partial charge in [0.05, 0.1) is 7.11 Å². The summed E-state index contributed by atoms with van der Waals surface area (Å²) in [5.41, 5.74) is 7.80. The number of ether oxygens (including phenoxy) is 2. The third-order valence-corrected chi connectivity index (χ3v) is 3.67. The molecule has 1 unspecified atom stereocenters. The van der Waals surface area contributed by atoms with E-state index < -0.39 is 0 Å². The van der Waals surface area contributed by atoms with Gasteiger partial charge < -0.3 is 20.5 Å². The summed E-state index contributed by atoms with van der Waals surface area (Å²) >= 11 is 0. The van der Waals surface area contributed by atoms with Gasteiger partial charge in [-0.05, 0) is 42.7 Å². The smallest absolute Gasteiger partial charge is 0.262 e. The summed E-state index contributed by atoms with van der Waals surface area (Å²) < 4.78 is 10.9. The number of anilines is 1. The molecule has 0 aliphatic rings. The first-order valence-electron chi connectivity index (χ1n) is 8.02. The standard InChI is InChI=1S/C19H24N2O3.ClH/c1-3-15(20)11-14-9-10-17(18(12-14)23-2)24-13-19(22)21-16-7-5-4-6-8-16;/h4-10,12,15H,3,11,13,20H2,1-2H3,(H,21,22);1H. The first-order valence-corrected chi connectivity index (χ1v) is 8.02. The fourth-order valence-electron chi connectivity index (χ4n) is 2.27. The Bertz CT molecular complexity index is 665. The maximum Gasteiger partial charge on any atom is 0.262 e. The Balaban J connectivity index is 0.00000312. The molecular formula is C19H25ClN2O3. The van der Waals surface area contributed by atoms with Crippen LogP contribution in [0.3, 0.4) is 0 Å². The zero-order valence-corrected chi connectivity index (χ0v) is 15.3. The topological polar surface area (TPSA) is 73.6 Å². The van der Waals surface area contributed by atoms with Gasteiger partial charge in [-0.2, -0.15) is 0 Å². The summed E-state index contributed by atoms with van der Waals surface area (Å²) in [4.78, 5) is 11.9. The number of hydrogen-bond acceptors (Lipinski definition) is 4. The molecular weight excluding hydrogens is 340 g/mol. The van der Waals surface area contributed by atoms with E-state index in [0.717, 1.165) is 24.1 Å². The van der Waals surface area contributed by atoms with Crippen molar-refractivity contribution >= 4 is 24.0 Å². The molecule has 1 amide bonds. The van der Waals surface area contributed by atoms with Crippen molar-refractivity contribution in [1.82, 2.24) is 0 Å². The number of amides is 1. The Morgan fingerprint density at radius 2 is 1.88 bits per heavy atom. The van der Waals surface area contributed by atoms with Gasteiger partial charge in [-0.1, -0.05) is 31.2 Å². The highest BCUT2D eigenvalue weighted by Gasteiger charge is 2.10. The van der Waals surface area contributed by atoms with Crippen LogP contribution >= 0.6 is 12.4 Å². The number of rotatable bonds is 8. The van der Waals surface area contributed by atoms with Crippen molar-refractivity contribution in [3.05, 3.63) is 54.1 Å². The highest BCUT2D eigenvalue weighted by Crippen LogP contribution is 2.28. The summed E-state index contributed by atoms with van der Waals surface area (Å²) in [5.74, 6) is 0.915. The highest BCUT2D eigenvalue weighted by molar-refractivity contribution is 5.91. The lowest BCUT2D eigenvalue weighted by Crippen LogP contribution is -2.21. The van der Waals surface area contributed by atoms with Gasteiger partial charge in [-0.15, -0.1) is 12.4 Å². The Morgan fingerprint density at radius 1 is 1.16 bits per heavy atom. The molecule has 1 atom stereocenters. The number of nitrogens with two attached hydrogens (primary N) is 1. The average molecular weight is 365 g/mol. The zero-order valence-electron chi connectivity index (χ0n) is 14.5. The van der Waals surface area contributed by atoms with Crippen molar-refractivity contribution < 1.29 is 14.3 Å². The van der Waals surface area contributed by atoms with E-state index in [4.69, 9.17) is 15.2 Å². The molecule has 5 nitrogen and oxygen atoms in total. The van der Waals surface area contributed by atoms with Crippen molar-refractivity contribution in [2.24, 2.45) is 5.73 Å². The maximum absolute atomic E-state index is 11.9. The molecule has 0 heterocycles. The minimum absolute atomic E-state index is 0. The number of nitrogens with one attached hydrogen (secondary N) is 1. The Hall–Kier alpha value is -2.24. The van der Waals surface area contributed by atoms with Gasteiger partial charge >= 0.3 is 0 Å². The summed E-state index contributed by atoms with van der Waals surface area (Å²) in [6.07, 6.45) is 1.70. The molecule has 0 spiro atoms. The molecule has 136 valence electrons. The molecule has 0 bridgehead atoms. The first-order chi connectivity index (χ1) is 11.6. The van der Waals surface area contributed by atoms with Crippen molar-refractivity contribution in [2.45, 2.75) is 25.8 Å². The van der Waals surface area contributed by atoms with E-state index in [9.17, 15) is 4.79 Å². The van der Waals surface area contributed by atoms with Crippen LogP contribution in [-0.4, -0.2) is 25.7 Å². The van der Waals surface area contributed by atoms with Crippen LogP contribution in [-0.2, 0) is 11.2 Å². The summed E-state index contributed by atoms with van der Waals surface area (Å²) in [6, 6.07) is 15.0. The van der Waals surface area contributed by atoms with Gasteiger partial charge in [0.1, 0.15) is 0 Å². The number of methoxy groups -OCH3 is 1. The number of benzene rings is 2. The number of carbonyl (C=O) groups is 1. The van der Waals surface area contributed by atoms with Crippen LogP contribution in [0, 0.1) is 0 Å². The van der Waals surface area contributed by atoms with E-state index in [0.29, 0.717) is 11.5 Å². The van der Waals surface area contributed by atoms with Crippen molar-refractivity contribution in [3.63, 3.8) is 0 Å². The lowest BCUT2D eigenvalue weighted by atomic mass is 10.0. The second kappa shape index (κ2) is 10.6. The molecule has 0 saturated heterocycles. The third-order valence-electron chi connectivity index (χ3n) is 3.67. The molecule has 0 radical (unpaired) electrons. The van der Waals surface area contributed by atoms with Crippen LogP contribution in [0.5, 0.6) is 11.5 Å². The van der Waals surface area contributed by atoms with E-state index in [1.807, 2.05) is 48.5 Å². The largest absolute Gasteiger partial charge is 0.493 e. The van der Waals surface area contributed by atoms with Crippen molar-refractivity contribution in [2.75, 3.05) is 19.0 Å². The van der Waals surface area contributed by atoms with Crippen LogP contribution in [0.2, 0.25) is 0 Å². The summed E-state index contributed by atoms with van der Waals surface area (Å²) in [7, 11) is 1.58. The molecule has 6 heteroatoms. The van der Waals surface area contributed by atoms with E-state index in [1.165, 1.54) is 0 Å². The molecule has 0 aliphatic heterocycles. The maximum atomic E-state index is 11.9. The van der Waals surface area contributed by atoms with Crippen molar-refractivity contribution in [1.29, 1.82) is 0 Å². The van der Waals surface area contributed by atoms with Crippen LogP contribution in [0.4, 0.5) is 5.69 Å². The molecule has 0 saturated carbocycles. The average Bonchev–Trinajstić information content (AvgIpc) is 2.61. The fraction of sp³-hybridized carbons (Fsp3) is 0.316. The molecule has 0 aliphatic carbocycles. The van der Waals surface area contributed by atoms with Gasteiger partial charge in [0.2, 0.25) is 0 Å². The number of hydrogen-bond donors (Lipinski definition) is 2. The second-order valence-corrected chi connectivity index (χ2v) is 5.56. The Morgan fingerprint density at radius 3 is 2.52 bits per heavy atom. The summed E-state index contributed by atoms with van der Waals surface area (Å²) in [6.45, 7) is 1.98. The zero-order chi connectivity index (χ0) is 17.4. The highest BCUT2D eigenvalue weighted by atomic mass is 35.5. The minimum Gasteiger partial charge on any atom is -0.493 e. The quantitative estimate of drug-likeness (QED) is 0.752. The molecule has 25 heavy (non-hydrogen) atoms. The Labute approximate surface area is 154 Å². The normalized spacial score (nSPS) is 11.2. The van der Waals surface area contributed by atoms with E-state index >= 15 is 0 Å². The van der Waals surface area contributed by atoms with Crippen LogP contribution < -0.4 is 20.5 Å². The first kappa shape index (κ1) is 20.8. The minimum atomic E-state index is -0.222. The van der Waals surface area contributed by atoms with Gasteiger partial charge in [-0.25, -0.2) is 0 Å². The van der Waals surface area contributed by atoms with E-state index in [-0.39, 0.29) is 31.0 Å². The molecule has 2 aromatic carbocycles. The predicted molar refractivity (Wildman–Crippen MR) is 103 cm³/mol. The van der Waals surface area contributed by atoms with E-state index in [1.54, 1.807) is 7.11 Å². The number of carbonyl (C=O) groups excluding carboxylic acids is 1. The monoisotopic (exact) mass is 364 g/mol. The molecule has 2 rings (SSSR count). The van der Waals surface area contributed by atoms with E-state index in [2.05, 4.69) is 12.2 Å². The molecule has 0 fully saturated rings. The predicted octanol–water partition coefficient (Wildman–Crippen LogP) is 3.41. The lowest BCUT2D eigenvalue weighted by molar-refractivity contribution is -0.118.